The maximum Gasteiger partial charge on any atom is 0.410 e. The fourth-order valence-electron chi connectivity index (χ4n) is 4.37. The number of rotatable bonds is 4. The highest BCUT2D eigenvalue weighted by molar-refractivity contribution is 5.70. The molecule has 2 heterocycles. The van der Waals surface area contributed by atoms with Crippen molar-refractivity contribution in [1.29, 1.82) is 0 Å². The number of carbonyl (C=O) groups is 1. The Labute approximate surface area is 143 Å². The van der Waals surface area contributed by atoms with Crippen LogP contribution in [0, 0.1) is 0 Å². The topological polar surface area (TPSA) is 42.0 Å². The number of likely N-dealkylation sites (N-methyl/N-ethyl adjacent to an activating group) is 1. The van der Waals surface area contributed by atoms with Crippen LogP contribution in [0.15, 0.2) is 12.1 Å². The zero-order valence-corrected chi connectivity index (χ0v) is 14.6. The second-order valence-electron chi connectivity index (χ2n) is 7.38. The summed E-state index contributed by atoms with van der Waals surface area (Å²) in [6.07, 6.45) is 4.33. The molecule has 0 bridgehead atoms. The summed E-state index contributed by atoms with van der Waals surface area (Å²) in [5.74, 6) is 1.03. The van der Waals surface area contributed by atoms with Crippen LogP contribution < -0.4 is 4.74 Å². The van der Waals surface area contributed by atoms with E-state index in [0.29, 0.717) is 13.2 Å². The summed E-state index contributed by atoms with van der Waals surface area (Å²) in [7, 11) is 1.81. The van der Waals surface area contributed by atoms with Gasteiger partial charge in [-0.2, -0.15) is 0 Å². The molecule has 24 heavy (non-hydrogen) atoms. The van der Waals surface area contributed by atoms with Gasteiger partial charge < -0.3 is 14.4 Å². The normalized spacial score (nSPS) is 26.2. The average Bonchev–Trinajstić information content (AvgIpc) is 3.21. The van der Waals surface area contributed by atoms with Crippen molar-refractivity contribution >= 4 is 6.09 Å². The molecular formula is C19H26N2O3. The first-order valence-corrected chi connectivity index (χ1v) is 9.02. The predicted octanol–water partition coefficient (Wildman–Crippen LogP) is 2.60. The molecule has 1 aromatic carbocycles. The van der Waals surface area contributed by atoms with E-state index in [-0.39, 0.29) is 11.7 Å². The van der Waals surface area contributed by atoms with Gasteiger partial charge in [-0.05, 0) is 43.4 Å². The van der Waals surface area contributed by atoms with Crippen molar-refractivity contribution in [2.75, 3.05) is 33.3 Å². The Bertz CT molecular complexity index is 660. The molecule has 1 aliphatic carbocycles. The highest BCUT2D eigenvalue weighted by Gasteiger charge is 2.48. The van der Waals surface area contributed by atoms with E-state index in [9.17, 15) is 4.79 Å². The molecule has 2 fully saturated rings. The van der Waals surface area contributed by atoms with E-state index in [0.717, 1.165) is 31.8 Å². The van der Waals surface area contributed by atoms with Crippen molar-refractivity contribution in [3.8, 4) is 5.75 Å². The Morgan fingerprint density at radius 1 is 1.25 bits per heavy atom. The molecule has 0 aromatic heterocycles. The number of likely N-dealkylation sites (tertiary alicyclic amines) is 1. The van der Waals surface area contributed by atoms with Crippen LogP contribution in [0.25, 0.3) is 0 Å². The minimum atomic E-state index is -0.311. The minimum absolute atomic E-state index is 0.190. The van der Waals surface area contributed by atoms with Gasteiger partial charge in [-0.3, -0.25) is 4.90 Å². The Morgan fingerprint density at radius 3 is 2.75 bits per heavy atom. The van der Waals surface area contributed by atoms with Crippen LogP contribution in [-0.4, -0.2) is 54.8 Å². The summed E-state index contributed by atoms with van der Waals surface area (Å²) in [5, 5.41) is 0. The maximum absolute atomic E-state index is 11.7. The van der Waals surface area contributed by atoms with E-state index < -0.39 is 0 Å². The molecule has 0 N–H and O–H groups in total. The minimum Gasteiger partial charge on any atom is -0.494 e. The molecule has 1 amide bonds. The number of amides is 1. The van der Waals surface area contributed by atoms with E-state index in [2.05, 4.69) is 17.0 Å². The number of aryl methyl sites for hydroxylation is 2. The molecule has 5 heteroatoms. The zero-order chi connectivity index (χ0) is 16.7. The number of benzene rings is 1. The fourth-order valence-corrected chi connectivity index (χ4v) is 4.37. The predicted molar refractivity (Wildman–Crippen MR) is 91.4 cm³/mol. The van der Waals surface area contributed by atoms with Crippen molar-refractivity contribution in [3.05, 3.63) is 28.8 Å². The molecule has 0 unspecified atom stereocenters. The van der Waals surface area contributed by atoms with Gasteiger partial charge in [-0.25, -0.2) is 4.79 Å². The number of ether oxygens (including phenoxy) is 2. The first-order chi connectivity index (χ1) is 11.6. The lowest BCUT2D eigenvalue weighted by Gasteiger charge is -2.23. The van der Waals surface area contributed by atoms with E-state index in [1.54, 1.807) is 4.90 Å². The van der Waals surface area contributed by atoms with Crippen LogP contribution in [-0.2, 0) is 24.1 Å². The Balaban J connectivity index is 1.51. The largest absolute Gasteiger partial charge is 0.494 e. The van der Waals surface area contributed by atoms with E-state index in [1.165, 1.54) is 36.0 Å². The lowest BCUT2D eigenvalue weighted by molar-refractivity contribution is 0.0626. The summed E-state index contributed by atoms with van der Waals surface area (Å²) >= 11 is 0. The first-order valence-electron chi connectivity index (χ1n) is 9.02. The summed E-state index contributed by atoms with van der Waals surface area (Å²) < 4.78 is 11.6. The molecule has 2 aliphatic heterocycles. The number of carbonyl (C=O) groups excluding carboxylic acids is 1. The number of nitrogens with zero attached hydrogens (tertiary/aromatic N) is 2. The third kappa shape index (κ3) is 2.75. The van der Waals surface area contributed by atoms with Gasteiger partial charge in [-0.1, -0.05) is 6.07 Å². The van der Waals surface area contributed by atoms with Gasteiger partial charge in [0.15, 0.2) is 0 Å². The van der Waals surface area contributed by atoms with Gasteiger partial charge in [0, 0.05) is 38.7 Å². The van der Waals surface area contributed by atoms with Gasteiger partial charge in [0.1, 0.15) is 11.4 Å². The van der Waals surface area contributed by atoms with Crippen molar-refractivity contribution in [1.82, 2.24) is 9.80 Å². The van der Waals surface area contributed by atoms with E-state index in [4.69, 9.17) is 9.47 Å². The van der Waals surface area contributed by atoms with Crippen molar-refractivity contribution < 1.29 is 14.3 Å². The second-order valence-corrected chi connectivity index (χ2v) is 7.38. The average molecular weight is 330 g/mol. The summed E-state index contributed by atoms with van der Waals surface area (Å²) in [6, 6.07) is 4.58. The fraction of sp³-hybridized carbons (Fsp3) is 0.632. The van der Waals surface area contributed by atoms with E-state index >= 15 is 0 Å². The maximum atomic E-state index is 11.7. The highest BCUT2D eigenvalue weighted by Crippen LogP contribution is 2.35. The molecular weight excluding hydrogens is 304 g/mol. The summed E-state index contributed by atoms with van der Waals surface area (Å²) in [6.45, 7) is 6.07. The number of fused-ring (bicyclic) bond motifs is 1. The van der Waals surface area contributed by atoms with Crippen molar-refractivity contribution in [3.63, 3.8) is 0 Å². The molecule has 4 rings (SSSR count). The van der Waals surface area contributed by atoms with Crippen LogP contribution in [0.5, 0.6) is 5.75 Å². The molecule has 1 aromatic rings. The Hall–Kier alpha value is -1.75. The SMILES string of the molecule is CCOc1cc2c(cc1CN1CC[C@@]3(C1)CN(C)C(=O)O3)CCC2. The molecule has 5 nitrogen and oxygen atoms in total. The zero-order valence-electron chi connectivity index (χ0n) is 14.6. The van der Waals surface area contributed by atoms with E-state index in [1.807, 2.05) is 14.0 Å². The molecule has 130 valence electrons. The molecule has 0 radical (unpaired) electrons. The van der Waals surface area contributed by atoms with Crippen LogP contribution >= 0.6 is 0 Å². The number of hydrogen-bond acceptors (Lipinski definition) is 4. The van der Waals surface area contributed by atoms with Crippen LogP contribution in [0.4, 0.5) is 4.79 Å². The standard InChI is InChI=1S/C19H26N2O3/c1-3-23-17-10-15-6-4-5-14(15)9-16(17)11-21-8-7-19(13-21)12-20(2)18(22)24-19/h9-10H,3-8,11-13H2,1-2H3/t19-/m0/s1. The van der Waals surface area contributed by atoms with Gasteiger partial charge in [-0.15, -0.1) is 0 Å². The summed E-state index contributed by atoms with van der Waals surface area (Å²) in [5.41, 5.74) is 3.89. The highest BCUT2D eigenvalue weighted by atomic mass is 16.6. The van der Waals surface area contributed by atoms with Crippen molar-refractivity contribution in [2.45, 2.75) is 44.8 Å². The molecule has 2 saturated heterocycles. The third-order valence-electron chi connectivity index (χ3n) is 5.50. The second kappa shape index (κ2) is 5.96. The molecule has 1 atom stereocenters. The number of hydrogen-bond donors (Lipinski definition) is 0. The first kappa shape index (κ1) is 15.8. The van der Waals surface area contributed by atoms with Gasteiger partial charge in [0.25, 0.3) is 0 Å². The quantitative estimate of drug-likeness (QED) is 0.851. The molecule has 0 saturated carbocycles. The Morgan fingerprint density at radius 2 is 2.04 bits per heavy atom. The monoisotopic (exact) mass is 330 g/mol. The van der Waals surface area contributed by atoms with Crippen LogP contribution in [0.1, 0.15) is 36.5 Å². The van der Waals surface area contributed by atoms with Crippen LogP contribution in [0.2, 0.25) is 0 Å². The molecule has 3 aliphatic rings. The Kier molecular flexibility index (Phi) is 3.91. The third-order valence-corrected chi connectivity index (χ3v) is 5.50. The van der Waals surface area contributed by atoms with Crippen molar-refractivity contribution in [2.24, 2.45) is 0 Å². The lowest BCUT2D eigenvalue weighted by atomic mass is 10.0. The lowest BCUT2D eigenvalue weighted by Crippen LogP contribution is -2.37. The van der Waals surface area contributed by atoms with Crippen LogP contribution in [0.3, 0.4) is 0 Å². The van der Waals surface area contributed by atoms with Gasteiger partial charge in [0.2, 0.25) is 0 Å². The molecule has 1 spiro atoms. The van der Waals surface area contributed by atoms with Gasteiger partial charge >= 0.3 is 6.09 Å². The smallest absolute Gasteiger partial charge is 0.410 e. The van der Waals surface area contributed by atoms with Gasteiger partial charge in [0.05, 0.1) is 13.2 Å². The summed E-state index contributed by atoms with van der Waals surface area (Å²) in [4.78, 5) is 15.8.